The van der Waals surface area contributed by atoms with Gasteiger partial charge in [-0.1, -0.05) is 0 Å². The zero-order valence-corrected chi connectivity index (χ0v) is 14.2. The molecule has 8 nitrogen and oxygen atoms in total. The highest BCUT2D eigenvalue weighted by Crippen LogP contribution is 2.27. The fourth-order valence-corrected chi connectivity index (χ4v) is 3.07. The zero-order chi connectivity index (χ0) is 18.3. The van der Waals surface area contributed by atoms with Gasteiger partial charge in [-0.15, -0.1) is 10.2 Å². The third kappa shape index (κ3) is 3.01. The first-order chi connectivity index (χ1) is 12.5. The Hall–Kier alpha value is -2.94. The SMILES string of the molecule is Cc1nnc([C@H]2CN(C(=O)c3cc(F)cc4nccnc34)C[C@@H](C)O2)o1. The van der Waals surface area contributed by atoms with E-state index in [1.807, 2.05) is 6.92 Å². The number of amides is 1. The Labute approximate surface area is 148 Å². The summed E-state index contributed by atoms with van der Waals surface area (Å²) in [6.07, 6.45) is 2.16. The molecule has 0 radical (unpaired) electrons. The van der Waals surface area contributed by atoms with E-state index in [0.717, 1.165) is 0 Å². The van der Waals surface area contributed by atoms with Gasteiger partial charge in [-0.05, 0) is 13.0 Å². The Bertz CT molecular complexity index is 976. The van der Waals surface area contributed by atoms with Gasteiger partial charge in [-0.3, -0.25) is 14.8 Å². The predicted molar refractivity (Wildman–Crippen MR) is 87.7 cm³/mol. The van der Waals surface area contributed by atoms with Crippen LogP contribution in [0.3, 0.4) is 0 Å². The van der Waals surface area contributed by atoms with Crippen molar-refractivity contribution in [2.45, 2.75) is 26.1 Å². The van der Waals surface area contributed by atoms with Crippen molar-refractivity contribution >= 4 is 16.9 Å². The number of hydrogen-bond acceptors (Lipinski definition) is 7. The topological polar surface area (TPSA) is 94.2 Å². The first-order valence-corrected chi connectivity index (χ1v) is 8.16. The summed E-state index contributed by atoms with van der Waals surface area (Å²) in [5, 5.41) is 7.77. The van der Waals surface area contributed by atoms with Gasteiger partial charge in [0, 0.05) is 31.9 Å². The van der Waals surface area contributed by atoms with Gasteiger partial charge >= 0.3 is 0 Å². The molecule has 1 fully saturated rings. The van der Waals surface area contributed by atoms with E-state index in [1.165, 1.54) is 24.5 Å². The molecule has 3 heterocycles. The number of morpholine rings is 1. The molecule has 1 saturated heterocycles. The smallest absolute Gasteiger partial charge is 0.256 e. The van der Waals surface area contributed by atoms with Crippen molar-refractivity contribution in [1.82, 2.24) is 25.1 Å². The summed E-state index contributed by atoms with van der Waals surface area (Å²) in [6.45, 7) is 4.12. The molecule has 0 bridgehead atoms. The van der Waals surface area contributed by atoms with Gasteiger partial charge in [0.1, 0.15) is 11.3 Å². The second kappa shape index (κ2) is 6.41. The van der Waals surface area contributed by atoms with Crippen LogP contribution in [0.4, 0.5) is 4.39 Å². The summed E-state index contributed by atoms with van der Waals surface area (Å²) in [5.74, 6) is -0.139. The quantitative estimate of drug-likeness (QED) is 0.693. The number of benzene rings is 1. The van der Waals surface area contributed by atoms with Crippen molar-refractivity contribution in [3.05, 3.63) is 47.7 Å². The minimum absolute atomic E-state index is 0.169. The molecule has 2 atom stereocenters. The number of carbonyl (C=O) groups excluding carboxylic acids is 1. The standard InChI is InChI=1S/C17H16FN5O3/c1-9-7-23(8-14(25-9)16-22-21-10(2)26-16)17(24)12-5-11(18)6-13-15(12)20-4-3-19-13/h3-6,9,14H,7-8H2,1-2H3/t9-,14-/m1/s1. The van der Waals surface area contributed by atoms with E-state index < -0.39 is 11.9 Å². The normalized spacial score (nSPS) is 20.5. The molecule has 26 heavy (non-hydrogen) atoms. The highest BCUT2D eigenvalue weighted by atomic mass is 19.1. The summed E-state index contributed by atoms with van der Waals surface area (Å²) >= 11 is 0. The largest absolute Gasteiger partial charge is 0.423 e. The highest BCUT2D eigenvalue weighted by Gasteiger charge is 2.33. The summed E-state index contributed by atoms with van der Waals surface area (Å²) in [7, 11) is 0. The Morgan fingerprint density at radius 1 is 1.23 bits per heavy atom. The number of rotatable bonds is 2. The lowest BCUT2D eigenvalue weighted by atomic mass is 10.1. The molecule has 0 N–H and O–H groups in total. The van der Waals surface area contributed by atoms with Crippen LogP contribution in [0.25, 0.3) is 11.0 Å². The fourth-order valence-electron chi connectivity index (χ4n) is 3.07. The predicted octanol–water partition coefficient (Wildman–Crippen LogP) is 2.06. The summed E-state index contributed by atoms with van der Waals surface area (Å²) in [5.41, 5.74) is 0.868. The Kier molecular flexibility index (Phi) is 4.08. The van der Waals surface area contributed by atoms with Gasteiger partial charge in [0.15, 0.2) is 6.10 Å². The fraction of sp³-hybridized carbons (Fsp3) is 0.353. The van der Waals surface area contributed by atoms with Crippen LogP contribution >= 0.6 is 0 Å². The lowest BCUT2D eigenvalue weighted by Crippen LogP contribution is -2.46. The van der Waals surface area contributed by atoms with Crippen LogP contribution in [0.15, 0.2) is 28.9 Å². The average Bonchev–Trinajstić information content (AvgIpc) is 3.06. The second-order valence-electron chi connectivity index (χ2n) is 6.18. The van der Waals surface area contributed by atoms with Gasteiger partial charge in [-0.2, -0.15) is 0 Å². The van der Waals surface area contributed by atoms with E-state index in [2.05, 4.69) is 20.2 Å². The summed E-state index contributed by atoms with van der Waals surface area (Å²) in [4.78, 5) is 22.9. The molecule has 1 aliphatic rings. The Balaban J connectivity index is 1.67. The number of ether oxygens (including phenoxy) is 1. The molecule has 0 saturated carbocycles. The minimum Gasteiger partial charge on any atom is -0.423 e. The molecule has 9 heteroatoms. The number of hydrogen-bond donors (Lipinski definition) is 0. The van der Waals surface area contributed by atoms with Crippen molar-refractivity contribution in [2.75, 3.05) is 13.1 Å². The van der Waals surface area contributed by atoms with Crippen LogP contribution in [0.1, 0.15) is 35.2 Å². The molecule has 134 valence electrons. The van der Waals surface area contributed by atoms with E-state index in [1.54, 1.807) is 11.8 Å². The monoisotopic (exact) mass is 357 g/mol. The second-order valence-corrected chi connectivity index (χ2v) is 6.18. The van der Waals surface area contributed by atoms with E-state index in [9.17, 15) is 9.18 Å². The molecular formula is C17H16FN5O3. The van der Waals surface area contributed by atoms with Gasteiger partial charge in [-0.25, -0.2) is 4.39 Å². The number of carbonyl (C=O) groups is 1. The third-order valence-electron chi connectivity index (χ3n) is 4.13. The van der Waals surface area contributed by atoms with E-state index in [0.29, 0.717) is 29.4 Å². The molecule has 2 aromatic heterocycles. The van der Waals surface area contributed by atoms with E-state index in [4.69, 9.17) is 9.15 Å². The van der Waals surface area contributed by atoms with Crippen LogP contribution in [0, 0.1) is 12.7 Å². The molecular weight excluding hydrogens is 341 g/mol. The molecule has 0 aliphatic carbocycles. The van der Waals surface area contributed by atoms with E-state index in [-0.39, 0.29) is 24.1 Å². The molecule has 0 spiro atoms. The van der Waals surface area contributed by atoms with Crippen molar-refractivity contribution in [1.29, 1.82) is 0 Å². The molecule has 3 aromatic rings. The number of halogens is 1. The lowest BCUT2D eigenvalue weighted by molar-refractivity contribution is -0.0796. The van der Waals surface area contributed by atoms with Crippen molar-refractivity contribution < 1.29 is 18.3 Å². The van der Waals surface area contributed by atoms with Gasteiger partial charge in [0.05, 0.1) is 23.7 Å². The number of fused-ring (bicyclic) bond motifs is 1. The molecule has 1 aromatic carbocycles. The number of aromatic nitrogens is 4. The number of aryl methyl sites for hydroxylation is 1. The molecule has 4 rings (SSSR count). The van der Waals surface area contributed by atoms with Crippen LogP contribution < -0.4 is 0 Å². The minimum atomic E-state index is -0.535. The van der Waals surface area contributed by atoms with Gasteiger partial charge in [0.25, 0.3) is 5.91 Å². The first-order valence-electron chi connectivity index (χ1n) is 8.16. The van der Waals surface area contributed by atoms with Crippen molar-refractivity contribution in [3.8, 4) is 0 Å². The Morgan fingerprint density at radius 3 is 2.81 bits per heavy atom. The number of nitrogens with zero attached hydrogens (tertiary/aromatic N) is 5. The summed E-state index contributed by atoms with van der Waals surface area (Å²) in [6, 6.07) is 2.44. The molecule has 0 unspecified atom stereocenters. The van der Waals surface area contributed by atoms with Crippen LogP contribution in [-0.2, 0) is 4.74 Å². The van der Waals surface area contributed by atoms with Gasteiger partial charge < -0.3 is 14.1 Å². The van der Waals surface area contributed by atoms with Crippen LogP contribution in [0.5, 0.6) is 0 Å². The van der Waals surface area contributed by atoms with Crippen molar-refractivity contribution in [2.24, 2.45) is 0 Å². The molecule has 1 aliphatic heterocycles. The lowest BCUT2D eigenvalue weighted by Gasteiger charge is -2.35. The summed E-state index contributed by atoms with van der Waals surface area (Å²) < 4.78 is 25.2. The maximum atomic E-state index is 13.9. The average molecular weight is 357 g/mol. The Morgan fingerprint density at radius 2 is 2.04 bits per heavy atom. The first kappa shape index (κ1) is 16.5. The zero-order valence-electron chi connectivity index (χ0n) is 14.2. The maximum Gasteiger partial charge on any atom is 0.256 e. The maximum absolute atomic E-state index is 13.9. The van der Waals surface area contributed by atoms with Gasteiger partial charge in [0.2, 0.25) is 11.8 Å². The molecule has 1 amide bonds. The third-order valence-corrected chi connectivity index (χ3v) is 4.13. The van der Waals surface area contributed by atoms with E-state index >= 15 is 0 Å². The van der Waals surface area contributed by atoms with Crippen molar-refractivity contribution in [3.63, 3.8) is 0 Å². The highest BCUT2D eigenvalue weighted by molar-refractivity contribution is 6.04. The van der Waals surface area contributed by atoms with Crippen LogP contribution in [0.2, 0.25) is 0 Å². The van der Waals surface area contributed by atoms with Crippen LogP contribution in [-0.4, -0.2) is 50.2 Å².